The molecule has 20 heavy (non-hydrogen) atoms. The van der Waals surface area contributed by atoms with E-state index in [9.17, 15) is 8.42 Å². The first-order chi connectivity index (χ1) is 9.41. The van der Waals surface area contributed by atoms with Gasteiger partial charge in [-0.3, -0.25) is 0 Å². The molecule has 1 fully saturated rings. The molecule has 2 heterocycles. The Labute approximate surface area is 125 Å². The minimum Gasteiger partial charge on any atom is -0.377 e. The predicted octanol–water partition coefficient (Wildman–Crippen LogP) is 2.04. The van der Waals surface area contributed by atoms with Crippen LogP contribution < -0.4 is 0 Å². The van der Waals surface area contributed by atoms with Gasteiger partial charge in [0.25, 0.3) is 0 Å². The summed E-state index contributed by atoms with van der Waals surface area (Å²) < 4.78 is 34.1. The highest BCUT2D eigenvalue weighted by Crippen LogP contribution is 2.26. The minimum absolute atomic E-state index is 0.0736. The van der Waals surface area contributed by atoms with Crippen LogP contribution in [0, 0.1) is 0 Å². The van der Waals surface area contributed by atoms with Gasteiger partial charge in [0.2, 0.25) is 10.0 Å². The molecule has 114 valence electrons. The van der Waals surface area contributed by atoms with Crippen LogP contribution in [0.25, 0.3) is 0 Å². The predicted molar refractivity (Wildman–Crippen MR) is 78.4 cm³/mol. The van der Waals surface area contributed by atoms with Crippen LogP contribution in [0.2, 0.25) is 0 Å². The number of halogens is 1. The number of likely N-dealkylation sites (N-methyl/N-ethyl adjacent to an activating group) is 1. The smallest absolute Gasteiger partial charge is 0.244 e. The molecule has 2 rings (SSSR count). The van der Waals surface area contributed by atoms with Crippen molar-refractivity contribution in [3.63, 3.8) is 0 Å². The fourth-order valence-corrected chi connectivity index (χ4v) is 4.36. The first kappa shape index (κ1) is 15.8. The Morgan fingerprint density at radius 2 is 2.25 bits per heavy atom. The summed E-state index contributed by atoms with van der Waals surface area (Å²) in [6.45, 7) is 5.17. The summed E-state index contributed by atoms with van der Waals surface area (Å²) in [5.74, 6) is 0.302. The van der Waals surface area contributed by atoms with Crippen molar-refractivity contribution < 1.29 is 13.2 Å². The van der Waals surface area contributed by atoms with Gasteiger partial charge in [-0.15, -0.1) is 11.6 Å². The second kappa shape index (κ2) is 6.05. The first-order valence-corrected chi connectivity index (χ1v) is 8.74. The zero-order chi connectivity index (χ0) is 14.9. The average Bonchev–Trinajstić information content (AvgIpc) is 3.03. The standard InChI is InChI=1S/C13H21ClN2O3S/c1-4-16-9-12(7-11(16)8-14)20(17,18)15(3)13-5-6-19-10(13)2/h7,9-10,13H,4-6,8H2,1-3H3. The van der Waals surface area contributed by atoms with Crippen LogP contribution in [0.1, 0.15) is 26.0 Å². The highest BCUT2D eigenvalue weighted by Gasteiger charge is 2.35. The number of rotatable bonds is 5. The van der Waals surface area contributed by atoms with Gasteiger partial charge in [0.15, 0.2) is 0 Å². The quantitative estimate of drug-likeness (QED) is 0.780. The van der Waals surface area contributed by atoms with E-state index in [4.69, 9.17) is 16.3 Å². The lowest BCUT2D eigenvalue weighted by molar-refractivity contribution is 0.102. The molecule has 7 heteroatoms. The SMILES string of the molecule is CCn1cc(S(=O)(=O)N(C)C2CCOC2C)cc1CCl. The van der Waals surface area contributed by atoms with E-state index in [2.05, 4.69) is 0 Å². The first-order valence-electron chi connectivity index (χ1n) is 6.76. The number of nitrogens with zero attached hydrogens (tertiary/aromatic N) is 2. The third kappa shape index (κ3) is 2.74. The second-order valence-electron chi connectivity index (χ2n) is 5.04. The topological polar surface area (TPSA) is 51.5 Å². The van der Waals surface area contributed by atoms with E-state index in [-0.39, 0.29) is 12.1 Å². The highest BCUT2D eigenvalue weighted by atomic mass is 35.5. The van der Waals surface area contributed by atoms with Crippen LogP contribution in [0.3, 0.4) is 0 Å². The van der Waals surface area contributed by atoms with Gasteiger partial charge in [0, 0.05) is 32.1 Å². The van der Waals surface area contributed by atoms with Crippen LogP contribution in [0.5, 0.6) is 0 Å². The van der Waals surface area contributed by atoms with Crippen LogP contribution in [0.4, 0.5) is 0 Å². The number of ether oxygens (including phenoxy) is 1. The number of sulfonamides is 1. The Hall–Kier alpha value is -0.560. The van der Waals surface area contributed by atoms with Gasteiger partial charge in [-0.05, 0) is 26.3 Å². The maximum atomic E-state index is 12.7. The maximum Gasteiger partial charge on any atom is 0.244 e. The normalized spacial score (nSPS) is 23.6. The number of aromatic nitrogens is 1. The lowest BCUT2D eigenvalue weighted by atomic mass is 10.2. The van der Waals surface area contributed by atoms with E-state index >= 15 is 0 Å². The van der Waals surface area contributed by atoms with Crippen molar-refractivity contribution in [2.75, 3.05) is 13.7 Å². The summed E-state index contributed by atoms with van der Waals surface area (Å²) >= 11 is 5.85. The van der Waals surface area contributed by atoms with E-state index in [0.29, 0.717) is 23.9 Å². The van der Waals surface area contributed by atoms with Crippen molar-refractivity contribution in [2.24, 2.45) is 0 Å². The number of alkyl halides is 1. The van der Waals surface area contributed by atoms with Crippen molar-refractivity contribution in [1.82, 2.24) is 8.87 Å². The molecule has 1 aromatic rings. The van der Waals surface area contributed by atoms with E-state index in [1.807, 2.05) is 18.4 Å². The Balaban J connectivity index is 2.32. The van der Waals surface area contributed by atoms with E-state index < -0.39 is 10.0 Å². The largest absolute Gasteiger partial charge is 0.377 e. The van der Waals surface area contributed by atoms with Crippen LogP contribution >= 0.6 is 11.6 Å². The monoisotopic (exact) mass is 320 g/mol. The summed E-state index contributed by atoms with van der Waals surface area (Å²) in [7, 11) is -1.88. The summed E-state index contributed by atoms with van der Waals surface area (Å²) in [5.41, 5.74) is 0.817. The van der Waals surface area contributed by atoms with Gasteiger partial charge in [-0.25, -0.2) is 8.42 Å². The maximum absolute atomic E-state index is 12.7. The van der Waals surface area contributed by atoms with Crippen molar-refractivity contribution in [3.8, 4) is 0 Å². The molecule has 1 aliphatic rings. The van der Waals surface area contributed by atoms with Gasteiger partial charge in [0.1, 0.15) is 4.90 Å². The fraction of sp³-hybridized carbons (Fsp3) is 0.692. The van der Waals surface area contributed by atoms with Gasteiger partial charge in [-0.2, -0.15) is 4.31 Å². The zero-order valence-corrected chi connectivity index (χ0v) is 13.6. The fourth-order valence-electron chi connectivity index (χ4n) is 2.61. The zero-order valence-electron chi connectivity index (χ0n) is 12.0. The average molecular weight is 321 g/mol. The lowest BCUT2D eigenvalue weighted by Gasteiger charge is -2.25. The molecule has 5 nitrogen and oxygen atoms in total. The lowest BCUT2D eigenvalue weighted by Crippen LogP contribution is -2.40. The highest BCUT2D eigenvalue weighted by molar-refractivity contribution is 7.89. The molecular formula is C13H21ClN2O3S. The van der Waals surface area contributed by atoms with E-state index in [0.717, 1.165) is 12.1 Å². The van der Waals surface area contributed by atoms with Gasteiger partial charge >= 0.3 is 0 Å². The summed E-state index contributed by atoms with van der Waals surface area (Å²) in [6.07, 6.45) is 2.31. The molecule has 0 bridgehead atoms. The van der Waals surface area contributed by atoms with Gasteiger partial charge in [0.05, 0.1) is 18.0 Å². The number of aryl methyl sites for hydroxylation is 1. The number of hydrogen-bond donors (Lipinski definition) is 0. The molecule has 1 saturated heterocycles. The van der Waals surface area contributed by atoms with Gasteiger partial charge < -0.3 is 9.30 Å². The molecule has 0 saturated carbocycles. The molecule has 0 spiro atoms. The van der Waals surface area contributed by atoms with Gasteiger partial charge in [-0.1, -0.05) is 0 Å². The Kier molecular flexibility index (Phi) is 4.79. The molecule has 1 aliphatic heterocycles. The van der Waals surface area contributed by atoms with E-state index in [1.54, 1.807) is 19.3 Å². The molecular weight excluding hydrogens is 300 g/mol. The molecule has 2 atom stereocenters. The van der Waals surface area contributed by atoms with Crippen LogP contribution in [0.15, 0.2) is 17.2 Å². The van der Waals surface area contributed by atoms with Crippen LogP contribution in [-0.2, 0) is 27.2 Å². The minimum atomic E-state index is -3.50. The third-order valence-electron chi connectivity index (χ3n) is 3.92. The Morgan fingerprint density at radius 3 is 2.70 bits per heavy atom. The van der Waals surface area contributed by atoms with Crippen molar-refractivity contribution in [2.45, 2.75) is 49.7 Å². The molecule has 0 amide bonds. The molecule has 1 aromatic heterocycles. The molecule has 0 aliphatic carbocycles. The molecule has 2 unspecified atom stereocenters. The van der Waals surface area contributed by atoms with Crippen molar-refractivity contribution >= 4 is 21.6 Å². The molecule has 0 aromatic carbocycles. The van der Waals surface area contributed by atoms with Crippen molar-refractivity contribution in [1.29, 1.82) is 0 Å². The van der Waals surface area contributed by atoms with Crippen LogP contribution in [-0.4, -0.2) is 43.1 Å². The summed E-state index contributed by atoms with van der Waals surface area (Å²) in [6, 6.07) is 1.55. The van der Waals surface area contributed by atoms with Crippen molar-refractivity contribution in [3.05, 3.63) is 18.0 Å². The number of hydrogen-bond acceptors (Lipinski definition) is 3. The Morgan fingerprint density at radius 1 is 1.55 bits per heavy atom. The third-order valence-corrected chi connectivity index (χ3v) is 6.04. The summed E-state index contributed by atoms with van der Waals surface area (Å²) in [4.78, 5) is 0.302. The van der Waals surface area contributed by atoms with E-state index in [1.165, 1.54) is 4.31 Å². The summed E-state index contributed by atoms with van der Waals surface area (Å²) in [5, 5.41) is 0. The second-order valence-corrected chi connectivity index (χ2v) is 7.30. The molecule has 0 radical (unpaired) electrons. The molecule has 0 N–H and O–H groups in total. The Bertz CT molecular complexity index is 549.